The molecule has 158 valence electrons. The monoisotopic (exact) mass is 495 g/mol. The summed E-state index contributed by atoms with van der Waals surface area (Å²) in [5, 5.41) is 9.26. The minimum atomic E-state index is -0.170. The fraction of sp³-hybridized carbons (Fsp3) is 0.167. The van der Waals surface area contributed by atoms with E-state index in [1.165, 1.54) is 22.5 Å². The van der Waals surface area contributed by atoms with Gasteiger partial charge in [0.2, 0.25) is 0 Å². The van der Waals surface area contributed by atoms with Crippen LogP contribution in [0.25, 0.3) is 0 Å². The van der Waals surface area contributed by atoms with Gasteiger partial charge in [-0.3, -0.25) is 9.48 Å². The third-order valence-corrected chi connectivity index (χ3v) is 6.12. The Kier molecular flexibility index (Phi) is 6.53. The van der Waals surface area contributed by atoms with Crippen molar-refractivity contribution in [2.45, 2.75) is 27.0 Å². The van der Waals surface area contributed by atoms with Gasteiger partial charge in [-0.2, -0.15) is 5.10 Å². The van der Waals surface area contributed by atoms with E-state index in [4.69, 9.17) is 4.74 Å². The van der Waals surface area contributed by atoms with Crippen LogP contribution >= 0.6 is 27.3 Å². The van der Waals surface area contributed by atoms with Crippen molar-refractivity contribution >= 4 is 39.0 Å². The van der Waals surface area contributed by atoms with Crippen LogP contribution in [0.15, 0.2) is 70.6 Å². The van der Waals surface area contributed by atoms with Gasteiger partial charge in [0.15, 0.2) is 5.82 Å². The van der Waals surface area contributed by atoms with Crippen molar-refractivity contribution in [2.75, 3.05) is 5.32 Å². The van der Waals surface area contributed by atoms with E-state index in [1.807, 2.05) is 67.9 Å². The normalized spacial score (nSPS) is 10.8. The SMILES string of the molecule is Cc1cc(C)cc(OCc2csc(C(=O)Nc3ccn(Cc4ccc(Br)cc4)n3)c2)c1. The molecule has 4 rings (SSSR count). The Morgan fingerprint density at radius 3 is 2.55 bits per heavy atom. The second-order valence-corrected chi connectivity index (χ2v) is 9.24. The number of carbonyl (C=O) groups is 1. The number of amides is 1. The zero-order chi connectivity index (χ0) is 21.8. The van der Waals surface area contributed by atoms with E-state index in [-0.39, 0.29) is 5.91 Å². The Hall–Kier alpha value is -2.90. The second-order valence-electron chi connectivity index (χ2n) is 7.41. The van der Waals surface area contributed by atoms with Crippen molar-refractivity contribution in [3.8, 4) is 5.75 Å². The molecule has 7 heteroatoms. The number of aryl methyl sites for hydroxylation is 2. The molecule has 0 atom stereocenters. The van der Waals surface area contributed by atoms with E-state index in [9.17, 15) is 4.79 Å². The van der Waals surface area contributed by atoms with Crippen LogP contribution < -0.4 is 10.1 Å². The highest BCUT2D eigenvalue weighted by atomic mass is 79.9. The molecule has 0 unspecified atom stereocenters. The van der Waals surface area contributed by atoms with E-state index in [1.54, 1.807) is 10.7 Å². The molecule has 0 aliphatic rings. The van der Waals surface area contributed by atoms with E-state index in [2.05, 4.69) is 32.4 Å². The number of nitrogens with one attached hydrogen (secondary N) is 1. The fourth-order valence-electron chi connectivity index (χ4n) is 3.22. The highest BCUT2D eigenvalue weighted by Crippen LogP contribution is 2.21. The maximum atomic E-state index is 12.6. The molecule has 2 aromatic heterocycles. The molecule has 1 N–H and O–H groups in total. The maximum Gasteiger partial charge on any atom is 0.266 e. The Morgan fingerprint density at radius 1 is 1.06 bits per heavy atom. The molecule has 31 heavy (non-hydrogen) atoms. The lowest BCUT2D eigenvalue weighted by Crippen LogP contribution is -2.11. The summed E-state index contributed by atoms with van der Waals surface area (Å²) in [5.41, 5.74) is 4.44. The predicted molar refractivity (Wildman–Crippen MR) is 128 cm³/mol. The summed E-state index contributed by atoms with van der Waals surface area (Å²) in [7, 11) is 0. The van der Waals surface area contributed by atoms with E-state index in [0.717, 1.165) is 21.3 Å². The number of halogens is 1. The average Bonchev–Trinajstić information content (AvgIpc) is 3.37. The first-order valence-electron chi connectivity index (χ1n) is 9.82. The molecule has 0 spiro atoms. The number of carbonyl (C=O) groups excluding carboxylic acids is 1. The topological polar surface area (TPSA) is 56.1 Å². The van der Waals surface area contributed by atoms with Crippen LogP contribution in [0.3, 0.4) is 0 Å². The van der Waals surface area contributed by atoms with Gasteiger partial charge in [-0.25, -0.2) is 0 Å². The fourth-order valence-corrected chi connectivity index (χ4v) is 4.28. The third kappa shape index (κ3) is 5.83. The molecule has 0 saturated heterocycles. The van der Waals surface area contributed by atoms with Crippen LogP contribution in [0.5, 0.6) is 5.75 Å². The second kappa shape index (κ2) is 9.49. The maximum absolute atomic E-state index is 12.6. The molecule has 0 bridgehead atoms. The van der Waals surface area contributed by atoms with Gasteiger partial charge in [-0.05, 0) is 66.2 Å². The number of nitrogens with zero attached hydrogens (tertiary/aromatic N) is 2. The van der Waals surface area contributed by atoms with Crippen LogP contribution in [0.2, 0.25) is 0 Å². The number of aromatic nitrogens is 2. The van der Waals surface area contributed by atoms with E-state index in [0.29, 0.717) is 23.8 Å². The summed E-state index contributed by atoms with van der Waals surface area (Å²) in [6, 6.07) is 17.9. The standard InChI is InChI=1S/C24H22BrN3O2S/c1-16-9-17(2)11-21(10-16)30-14-19-12-22(31-15-19)24(29)26-23-7-8-28(27-23)13-18-3-5-20(25)6-4-18/h3-12,15H,13-14H2,1-2H3,(H,26,27,29). The Balaban J connectivity index is 1.33. The molecule has 0 aliphatic carbocycles. The molecule has 5 nitrogen and oxygen atoms in total. The smallest absolute Gasteiger partial charge is 0.266 e. The molecule has 4 aromatic rings. The van der Waals surface area contributed by atoms with Crippen LogP contribution in [0, 0.1) is 13.8 Å². The highest BCUT2D eigenvalue weighted by Gasteiger charge is 2.12. The van der Waals surface area contributed by atoms with Crippen LogP contribution in [0.1, 0.15) is 31.9 Å². The number of ether oxygens (including phenoxy) is 1. The highest BCUT2D eigenvalue weighted by molar-refractivity contribution is 9.10. The molecule has 0 saturated carbocycles. The van der Waals surface area contributed by atoms with E-state index >= 15 is 0 Å². The lowest BCUT2D eigenvalue weighted by atomic mass is 10.1. The first-order chi connectivity index (χ1) is 14.9. The van der Waals surface area contributed by atoms with Gasteiger partial charge in [0.25, 0.3) is 5.91 Å². The number of rotatable bonds is 7. The largest absolute Gasteiger partial charge is 0.489 e. The first kappa shape index (κ1) is 21.3. The number of benzene rings is 2. The number of thiophene rings is 1. The molecule has 0 fully saturated rings. The average molecular weight is 496 g/mol. The quantitative estimate of drug-likeness (QED) is 0.331. The molecule has 1 amide bonds. The van der Waals surface area contributed by atoms with Gasteiger partial charge in [-0.1, -0.05) is 34.1 Å². The van der Waals surface area contributed by atoms with Crippen molar-refractivity contribution in [1.82, 2.24) is 9.78 Å². The summed E-state index contributed by atoms with van der Waals surface area (Å²) >= 11 is 4.83. The molecule has 2 aromatic carbocycles. The number of hydrogen-bond acceptors (Lipinski definition) is 4. The Bertz CT molecular complexity index is 1180. The Labute approximate surface area is 193 Å². The minimum Gasteiger partial charge on any atom is -0.489 e. The van der Waals surface area contributed by atoms with Gasteiger partial charge < -0.3 is 10.1 Å². The van der Waals surface area contributed by atoms with E-state index < -0.39 is 0 Å². The summed E-state index contributed by atoms with van der Waals surface area (Å²) in [6.45, 7) is 5.16. The first-order valence-corrected chi connectivity index (χ1v) is 11.5. The van der Waals surface area contributed by atoms with Gasteiger partial charge in [-0.15, -0.1) is 11.3 Å². The molecular weight excluding hydrogens is 474 g/mol. The Morgan fingerprint density at radius 2 is 1.81 bits per heavy atom. The van der Waals surface area contributed by atoms with Gasteiger partial charge >= 0.3 is 0 Å². The zero-order valence-corrected chi connectivity index (χ0v) is 19.7. The lowest BCUT2D eigenvalue weighted by molar-refractivity contribution is 0.103. The summed E-state index contributed by atoms with van der Waals surface area (Å²) < 4.78 is 8.73. The molecule has 0 aliphatic heterocycles. The minimum absolute atomic E-state index is 0.170. The summed E-state index contributed by atoms with van der Waals surface area (Å²) in [5.74, 6) is 1.20. The van der Waals surface area contributed by atoms with Crippen LogP contribution in [-0.4, -0.2) is 15.7 Å². The summed E-state index contributed by atoms with van der Waals surface area (Å²) in [6.07, 6.45) is 1.86. The third-order valence-electron chi connectivity index (χ3n) is 4.62. The van der Waals surface area contributed by atoms with Crippen molar-refractivity contribution in [3.63, 3.8) is 0 Å². The summed E-state index contributed by atoms with van der Waals surface area (Å²) in [4.78, 5) is 13.2. The van der Waals surface area contributed by atoms with Crippen LogP contribution in [0.4, 0.5) is 5.82 Å². The van der Waals surface area contributed by atoms with Crippen molar-refractivity contribution in [1.29, 1.82) is 0 Å². The van der Waals surface area contributed by atoms with Crippen molar-refractivity contribution < 1.29 is 9.53 Å². The van der Waals surface area contributed by atoms with Gasteiger partial charge in [0.05, 0.1) is 11.4 Å². The van der Waals surface area contributed by atoms with Crippen molar-refractivity contribution in [2.24, 2.45) is 0 Å². The number of anilines is 1. The molecular formula is C24H22BrN3O2S. The van der Waals surface area contributed by atoms with Gasteiger partial charge in [0, 0.05) is 22.3 Å². The van der Waals surface area contributed by atoms with Gasteiger partial charge in [0.1, 0.15) is 12.4 Å². The zero-order valence-electron chi connectivity index (χ0n) is 17.3. The van der Waals surface area contributed by atoms with Crippen molar-refractivity contribution in [3.05, 3.63) is 97.8 Å². The molecule has 0 radical (unpaired) electrons. The predicted octanol–water partition coefficient (Wildman–Crippen LogP) is 6.20. The number of hydrogen-bond donors (Lipinski definition) is 1. The molecule has 2 heterocycles. The lowest BCUT2D eigenvalue weighted by Gasteiger charge is -2.07. The van der Waals surface area contributed by atoms with Crippen LogP contribution in [-0.2, 0) is 13.2 Å².